The van der Waals surface area contributed by atoms with Crippen LogP contribution >= 0.6 is 0 Å². The highest BCUT2D eigenvalue weighted by molar-refractivity contribution is 5.91. The van der Waals surface area contributed by atoms with E-state index in [-0.39, 0.29) is 39.4 Å². The fourth-order valence-electron chi connectivity index (χ4n) is 2.56. The standard InChI is InChI=1S/C16H8FN7/c17-9-3-1-8(2-4-9)13-10(5-18)14-12(7-20)15(21)23-24(14)16(22)11(13)6-19/h1-4H,22H2,(H2,21,23). The van der Waals surface area contributed by atoms with Crippen molar-refractivity contribution in [2.45, 2.75) is 0 Å². The zero-order valence-electron chi connectivity index (χ0n) is 12.1. The van der Waals surface area contributed by atoms with Gasteiger partial charge in [-0.3, -0.25) is 0 Å². The largest absolute Gasteiger partial charge is 0.383 e. The van der Waals surface area contributed by atoms with Gasteiger partial charge in [-0.1, -0.05) is 12.1 Å². The number of rotatable bonds is 1. The summed E-state index contributed by atoms with van der Waals surface area (Å²) in [5.74, 6) is -0.615. The summed E-state index contributed by atoms with van der Waals surface area (Å²) >= 11 is 0. The molecule has 0 spiro atoms. The number of pyridine rings is 1. The summed E-state index contributed by atoms with van der Waals surface area (Å²) in [5, 5.41) is 32.3. The lowest BCUT2D eigenvalue weighted by molar-refractivity contribution is 0.628. The van der Waals surface area contributed by atoms with Gasteiger partial charge in [-0.15, -0.1) is 5.10 Å². The number of aromatic nitrogens is 2. The fourth-order valence-corrected chi connectivity index (χ4v) is 2.56. The van der Waals surface area contributed by atoms with Crippen molar-refractivity contribution in [1.29, 1.82) is 15.8 Å². The molecule has 1 aromatic carbocycles. The molecule has 0 saturated heterocycles. The lowest BCUT2D eigenvalue weighted by Gasteiger charge is -2.12. The molecular formula is C16H8FN7. The minimum atomic E-state index is -0.462. The minimum absolute atomic E-state index is 0.00218. The van der Waals surface area contributed by atoms with Crippen LogP contribution in [0, 0.1) is 39.8 Å². The molecule has 2 aromatic heterocycles. The molecule has 2 heterocycles. The first-order chi connectivity index (χ1) is 11.5. The number of nitrogens with zero attached hydrogens (tertiary/aromatic N) is 5. The van der Waals surface area contributed by atoms with Crippen LogP contribution in [0.1, 0.15) is 16.7 Å². The Hall–Kier alpha value is -4.09. The monoisotopic (exact) mass is 317 g/mol. The molecule has 0 amide bonds. The first-order valence-corrected chi connectivity index (χ1v) is 6.63. The molecule has 0 atom stereocenters. The molecule has 24 heavy (non-hydrogen) atoms. The number of benzene rings is 1. The first kappa shape index (κ1) is 14.8. The van der Waals surface area contributed by atoms with Crippen molar-refractivity contribution in [2.24, 2.45) is 0 Å². The summed E-state index contributed by atoms with van der Waals surface area (Å²) in [6.07, 6.45) is 0. The molecule has 0 saturated carbocycles. The highest BCUT2D eigenvalue weighted by Crippen LogP contribution is 2.36. The lowest BCUT2D eigenvalue weighted by atomic mass is 9.94. The third-order valence-electron chi connectivity index (χ3n) is 3.60. The molecule has 3 rings (SSSR count). The molecule has 114 valence electrons. The predicted octanol–water partition coefficient (Wildman–Crippen LogP) is 1.92. The summed E-state index contributed by atoms with van der Waals surface area (Å²) in [5.41, 5.74) is 12.5. The van der Waals surface area contributed by atoms with Crippen molar-refractivity contribution in [3.63, 3.8) is 0 Å². The second kappa shape index (κ2) is 5.28. The summed E-state index contributed by atoms with van der Waals surface area (Å²) in [7, 11) is 0. The SMILES string of the molecule is N#Cc1c(-c2ccc(F)cc2)c(C#N)c2c(C#N)c(N)nn2c1N. The van der Waals surface area contributed by atoms with Crippen LogP contribution < -0.4 is 11.5 Å². The highest BCUT2D eigenvalue weighted by atomic mass is 19.1. The second-order valence-corrected chi connectivity index (χ2v) is 4.87. The van der Waals surface area contributed by atoms with Crippen LogP contribution in [0.3, 0.4) is 0 Å². The number of anilines is 2. The quantitative estimate of drug-likeness (QED) is 0.702. The van der Waals surface area contributed by atoms with Gasteiger partial charge in [0.2, 0.25) is 0 Å². The van der Waals surface area contributed by atoms with Gasteiger partial charge in [0.25, 0.3) is 0 Å². The molecular weight excluding hydrogens is 309 g/mol. The fraction of sp³-hybridized carbons (Fsp3) is 0. The van der Waals surface area contributed by atoms with Crippen LogP contribution in [0.15, 0.2) is 24.3 Å². The van der Waals surface area contributed by atoms with E-state index in [9.17, 15) is 20.2 Å². The summed E-state index contributed by atoms with van der Waals surface area (Å²) in [6, 6.07) is 11.1. The Morgan fingerprint density at radius 3 is 2.04 bits per heavy atom. The van der Waals surface area contributed by atoms with E-state index < -0.39 is 5.82 Å². The number of fused-ring (bicyclic) bond motifs is 1. The number of nitrogens with two attached hydrogens (primary N) is 2. The van der Waals surface area contributed by atoms with E-state index >= 15 is 0 Å². The zero-order valence-corrected chi connectivity index (χ0v) is 12.1. The summed E-state index contributed by atoms with van der Waals surface area (Å²) in [6.45, 7) is 0. The number of hydrogen-bond donors (Lipinski definition) is 2. The van der Waals surface area contributed by atoms with Gasteiger partial charge in [-0.05, 0) is 17.7 Å². The molecule has 0 aliphatic carbocycles. The van der Waals surface area contributed by atoms with Crippen molar-refractivity contribution < 1.29 is 4.39 Å². The van der Waals surface area contributed by atoms with Gasteiger partial charge < -0.3 is 11.5 Å². The van der Waals surface area contributed by atoms with Crippen LogP contribution in [0.4, 0.5) is 16.0 Å². The lowest BCUT2D eigenvalue weighted by Crippen LogP contribution is -2.07. The Morgan fingerprint density at radius 2 is 1.50 bits per heavy atom. The summed E-state index contributed by atoms with van der Waals surface area (Å²) in [4.78, 5) is 0. The number of hydrogen-bond acceptors (Lipinski definition) is 6. The van der Waals surface area contributed by atoms with E-state index in [0.29, 0.717) is 5.56 Å². The molecule has 7 nitrogen and oxygen atoms in total. The van der Waals surface area contributed by atoms with Gasteiger partial charge >= 0.3 is 0 Å². The number of nitriles is 3. The third kappa shape index (κ3) is 1.90. The van der Waals surface area contributed by atoms with E-state index in [1.54, 1.807) is 0 Å². The topological polar surface area (TPSA) is 141 Å². The maximum absolute atomic E-state index is 13.2. The van der Waals surface area contributed by atoms with Crippen molar-refractivity contribution in [3.05, 3.63) is 46.8 Å². The molecule has 4 N–H and O–H groups in total. The molecule has 8 heteroatoms. The van der Waals surface area contributed by atoms with E-state index in [1.165, 1.54) is 24.3 Å². The number of nitrogen functional groups attached to an aromatic ring is 2. The Morgan fingerprint density at radius 1 is 0.917 bits per heavy atom. The van der Waals surface area contributed by atoms with E-state index in [4.69, 9.17) is 11.5 Å². The maximum Gasteiger partial charge on any atom is 0.164 e. The Kier molecular flexibility index (Phi) is 3.26. The molecule has 3 aromatic rings. The van der Waals surface area contributed by atoms with Gasteiger partial charge in [0.15, 0.2) is 5.82 Å². The molecule has 0 fully saturated rings. The smallest absolute Gasteiger partial charge is 0.164 e. The van der Waals surface area contributed by atoms with Crippen LogP contribution in [0.25, 0.3) is 16.6 Å². The van der Waals surface area contributed by atoms with Gasteiger partial charge in [0.05, 0.1) is 5.56 Å². The van der Waals surface area contributed by atoms with Gasteiger partial charge in [0, 0.05) is 5.56 Å². The minimum Gasteiger partial charge on any atom is -0.383 e. The Bertz CT molecular complexity index is 1110. The second-order valence-electron chi connectivity index (χ2n) is 4.87. The van der Waals surface area contributed by atoms with Gasteiger partial charge in [-0.2, -0.15) is 15.8 Å². The Labute approximate surface area is 135 Å². The van der Waals surface area contributed by atoms with Gasteiger partial charge in [-0.25, -0.2) is 8.91 Å². The summed E-state index contributed by atoms with van der Waals surface area (Å²) < 4.78 is 14.3. The molecule has 0 aliphatic rings. The zero-order chi connectivity index (χ0) is 17.4. The van der Waals surface area contributed by atoms with Crippen LogP contribution in [-0.2, 0) is 0 Å². The van der Waals surface area contributed by atoms with Crippen molar-refractivity contribution in [3.8, 4) is 29.3 Å². The van der Waals surface area contributed by atoms with E-state index in [1.807, 2.05) is 18.2 Å². The van der Waals surface area contributed by atoms with Crippen LogP contribution in [0.5, 0.6) is 0 Å². The number of halogens is 1. The van der Waals surface area contributed by atoms with Crippen molar-refractivity contribution in [2.75, 3.05) is 11.5 Å². The molecule has 0 aliphatic heterocycles. The van der Waals surface area contributed by atoms with Crippen molar-refractivity contribution in [1.82, 2.24) is 9.61 Å². The molecule has 0 unspecified atom stereocenters. The third-order valence-corrected chi connectivity index (χ3v) is 3.60. The van der Waals surface area contributed by atoms with Crippen molar-refractivity contribution >= 4 is 17.2 Å². The van der Waals surface area contributed by atoms with E-state index in [2.05, 4.69) is 5.10 Å². The Balaban J connectivity index is 2.58. The van der Waals surface area contributed by atoms with Gasteiger partial charge in [0.1, 0.15) is 46.5 Å². The first-order valence-electron chi connectivity index (χ1n) is 6.63. The van der Waals surface area contributed by atoms with Crippen LogP contribution in [-0.4, -0.2) is 9.61 Å². The average molecular weight is 317 g/mol. The maximum atomic E-state index is 13.2. The van der Waals surface area contributed by atoms with E-state index in [0.717, 1.165) is 4.52 Å². The van der Waals surface area contributed by atoms with Crippen LogP contribution in [0.2, 0.25) is 0 Å². The molecule has 0 radical (unpaired) electrons. The molecule has 0 bridgehead atoms. The predicted molar refractivity (Wildman–Crippen MR) is 83.6 cm³/mol. The normalized spacial score (nSPS) is 10.1. The highest BCUT2D eigenvalue weighted by Gasteiger charge is 2.24. The average Bonchev–Trinajstić information content (AvgIpc) is 2.92.